The van der Waals surface area contributed by atoms with Crippen LogP contribution in [0.5, 0.6) is 0 Å². The van der Waals surface area contributed by atoms with Gasteiger partial charge in [0, 0.05) is 32.3 Å². The number of unbranched alkanes of at least 4 members (excludes halogenated alkanes) is 9. The first-order valence-corrected chi connectivity index (χ1v) is 16.0. The van der Waals surface area contributed by atoms with Crippen molar-refractivity contribution in [3.63, 3.8) is 0 Å². The lowest BCUT2D eigenvalue weighted by Crippen LogP contribution is -2.52. The van der Waals surface area contributed by atoms with Gasteiger partial charge in [-0.15, -0.1) is 0 Å². The van der Waals surface area contributed by atoms with Gasteiger partial charge in [-0.25, -0.2) is 0 Å². The molecule has 3 heterocycles. The molecule has 0 aromatic carbocycles. The summed E-state index contributed by atoms with van der Waals surface area (Å²) in [5.41, 5.74) is 0. The Balaban J connectivity index is 1.47. The van der Waals surface area contributed by atoms with Gasteiger partial charge in [-0.2, -0.15) is 5.06 Å². The summed E-state index contributed by atoms with van der Waals surface area (Å²) in [6.45, 7) is 7.10. The Morgan fingerprint density at radius 3 is 2.13 bits per heavy atom. The molecule has 0 amide bonds. The first kappa shape index (κ1) is 32.2. The van der Waals surface area contributed by atoms with Gasteiger partial charge in [0.1, 0.15) is 31.1 Å². The molecule has 0 aliphatic carbocycles. The molecule has 8 heteroatoms. The molecule has 0 saturated carbocycles. The molecule has 3 aliphatic heterocycles. The quantitative estimate of drug-likeness (QED) is 0.214. The summed E-state index contributed by atoms with van der Waals surface area (Å²) >= 11 is 0. The number of aliphatic hydroxyl groups excluding tert-OH is 2. The molecule has 6 atom stereocenters. The Labute approximate surface area is 232 Å². The van der Waals surface area contributed by atoms with Crippen molar-refractivity contribution in [3.05, 3.63) is 0 Å². The number of hydrogen-bond acceptors (Lipinski definition) is 8. The number of aliphatic hydroxyl groups is 3. The van der Waals surface area contributed by atoms with Crippen LogP contribution >= 0.6 is 0 Å². The highest BCUT2D eigenvalue weighted by atomic mass is 16.7. The molecule has 0 bridgehead atoms. The third kappa shape index (κ3) is 9.65. The van der Waals surface area contributed by atoms with Crippen LogP contribution in [-0.4, -0.2) is 94.5 Å². The average Bonchev–Trinajstić information content (AvgIpc) is 3.33. The lowest BCUT2D eigenvalue weighted by molar-refractivity contribution is -0.267. The van der Waals surface area contributed by atoms with Crippen LogP contribution in [0.3, 0.4) is 0 Å². The molecule has 8 nitrogen and oxygen atoms in total. The van der Waals surface area contributed by atoms with Gasteiger partial charge in [-0.1, -0.05) is 84.5 Å². The Kier molecular flexibility index (Phi) is 14.8. The van der Waals surface area contributed by atoms with Crippen LogP contribution in [0.25, 0.3) is 0 Å². The number of likely N-dealkylation sites (tertiary alicyclic amines) is 1. The Bertz CT molecular complexity index is 620. The number of rotatable bonds is 18. The summed E-state index contributed by atoms with van der Waals surface area (Å²) in [6, 6.07) is 0.277. The van der Waals surface area contributed by atoms with Crippen LogP contribution in [0.2, 0.25) is 0 Å². The largest absolute Gasteiger partial charge is 0.384 e. The summed E-state index contributed by atoms with van der Waals surface area (Å²) in [5.74, 6) is -1.90. The van der Waals surface area contributed by atoms with Crippen LogP contribution < -0.4 is 0 Å². The van der Waals surface area contributed by atoms with E-state index in [0.29, 0.717) is 6.61 Å². The molecule has 0 aromatic rings. The normalized spacial score (nSPS) is 32.1. The summed E-state index contributed by atoms with van der Waals surface area (Å²) in [4.78, 5) is 8.32. The minimum atomic E-state index is -1.90. The topological polar surface area (TPSA) is 94.9 Å². The van der Waals surface area contributed by atoms with Gasteiger partial charge >= 0.3 is 0 Å². The molecule has 38 heavy (non-hydrogen) atoms. The van der Waals surface area contributed by atoms with Crippen molar-refractivity contribution >= 4 is 0 Å². The summed E-state index contributed by atoms with van der Waals surface area (Å²) in [5, 5.41) is 35.8. The molecule has 3 aliphatic rings. The Morgan fingerprint density at radius 2 is 1.50 bits per heavy atom. The second-order valence-electron chi connectivity index (χ2n) is 11.9. The first-order chi connectivity index (χ1) is 18.5. The molecular weight excluding hydrogens is 484 g/mol. The summed E-state index contributed by atoms with van der Waals surface area (Å²) in [6.07, 6.45) is 15.9. The predicted molar refractivity (Wildman–Crippen MR) is 149 cm³/mol. The highest BCUT2D eigenvalue weighted by Gasteiger charge is 2.58. The maximum absolute atomic E-state index is 11.3. The van der Waals surface area contributed by atoms with Gasteiger partial charge < -0.3 is 24.8 Å². The smallest absolute Gasteiger partial charge is 0.219 e. The molecule has 3 fully saturated rings. The molecule has 0 aromatic heterocycles. The standard InChI is InChI=1S/C30H58N2O6/c1-3-5-6-7-8-9-10-11-14-17-23-36-24-30(35)28(33)26(38-32-22-18-19-25(32)4-2)27(37-30)29(34)31-20-15-12-13-16-21-31/h25-29,33-35H,3-24H2,1-2H3/t25?,26-,27-,28+,29?,30-/m1/s1. The van der Waals surface area contributed by atoms with Crippen LogP contribution in [-0.2, 0) is 14.3 Å². The SMILES string of the molecule is CCCCCCCCCCCCOC[C@@]1(O)O[C@@H](C(O)N2CCCCCC2)[C@@H](ON2CCCC2CC)[C@@H]1O. The van der Waals surface area contributed by atoms with Gasteiger partial charge in [0.2, 0.25) is 5.79 Å². The zero-order chi connectivity index (χ0) is 27.2. The van der Waals surface area contributed by atoms with E-state index in [9.17, 15) is 15.3 Å². The molecular formula is C30H58N2O6. The number of hydrogen-bond donors (Lipinski definition) is 3. The van der Waals surface area contributed by atoms with Crippen molar-refractivity contribution in [2.24, 2.45) is 0 Å². The fourth-order valence-corrected chi connectivity index (χ4v) is 6.27. The van der Waals surface area contributed by atoms with E-state index >= 15 is 0 Å². The van der Waals surface area contributed by atoms with Gasteiger partial charge in [0.15, 0.2) is 0 Å². The average molecular weight is 543 g/mol. The maximum Gasteiger partial charge on any atom is 0.219 e. The van der Waals surface area contributed by atoms with Crippen LogP contribution in [0.4, 0.5) is 0 Å². The fraction of sp³-hybridized carbons (Fsp3) is 1.00. The highest BCUT2D eigenvalue weighted by Crippen LogP contribution is 2.36. The summed E-state index contributed by atoms with van der Waals surface area (Å²) in [7, 11) is 0. The monoisotopic (exact) mass is 542 g/mol. The van der Waals surface area contributed by atoms with E-state index in [2.05, 4.69) is 13.8 Å². The van der Waals surface area contributed by atoms with E-state index in [4.69, 9.17) is 14.3 Å². The lowest BCUT2D eigenvalue weighted by Gasteiger charge is -2.35. The van der Waals surface area contributed by atoms with Gasteiger partial charge in [-0.3, -0.25) is 9.74 Å². The lowest BCUT2D eigenvalue weighted by atomic mass is 10.0. The first-order valence-electron chi connectivity index (χ1n) is 16.0. The van der Waals surface area contributed by atoms with E-state index in [1.54, 1.807) is 0 Å². The van der Waals surface area contributed by atoms with Crippen molar-refractivity contribution in [2.75, 3.05) is 32.8 Å². The molecule has 3 rings (SSSR count). The number of ether oxygens (including phenoxy) is 2. The van der Waals surface area contributed by atoms with E-state index < -0.39 is 30.3 Å². The van der Waals surface area contributed by atoms with E-state index in [-0.39, 0.29) is 12.6 Å². The van der Waals surface area contributed by atoms with Gasteiger partial charge in [-0.05, 0) is 38.5 Å². The van der Waals surface area contributed by atoms with Crippen molar-refractivity contribution in [1.29, 1.82) is 0 Å². The minimum absolute atomic E-state index is 0.133. The Morgan fingerprint density at radius 1 is 0.868 bits per heavy atom. The van der Waals surface area contributed by atoms with Crippen molar-refractivity contribution in [2.45, 2.75) is 159 Å². The molecule has 0 spiro atoms. The van der Waals surface area contributed by atoms with E-state index in [0.717, 1.165) is 77.4 Å². The Hall–Kier alpha value is -0.320. The van der Waals surface area contributed by atoms with Gasteiger partial charge in [0.25, 0.3) is 0 Å². The highest BCUT2D eigenvalue weighted by molar-refractivity contribution is 4.99. The fourth-order valence-electron chi connectivity index (χ4n) is 6.27. The molecule has 2 unspecified atom stereocenters. The number of nitrogens with zero attached hydrogens (tertiary/aromatic N) is 2. The third-order valence-corrected chi connectivity index (χ3v) is 8.75. The van der Waals surface area contributed by atoms with E-state index in [1.807, 2.05) is 9.96 Å². The van der Waals surface area contributed by atoms with Crippen molar-refractivity contribution in [3.8, 4) is 0 Å². The number of hydroxylamine groups is 2. The van der Waals surface area contributed by atoms with Gasteiger partial charge in [0.05, 0.1) is 0 Å². The van der Waals surface area contributed by atoms with Crippen LogP contribution in [0.1, 0.15) is 123 Å². The predicted octanol–water partition coefficient (Wildman–Crippen LogP) is 4.74. The second kappa shape index (κ2) is 17.5. The molecule has 3 N–H and O–H groups in total. The minimum Gasteiger partial charge on any atom is -0.384 e. The molecule has 224 valence electrons. The maximum atomic E-state index is 11.3. The van der Waals surface area contributed by atoms with E-state index in [1.165, 1.54) is 51.4 Å². The molecule has 3 saturated heterocycles. The second-order valence-corrected chi connectivity index (χ2v) is 11.9. The summed E-state index contributed by atoms with van der Waals surface area (Å²) < 4.78 is 11.9. The van der Waals surface area contributed by atoms with Crippen molar-refractivity contribution < 1.29 is 29.6 Å². The third-order valence-electron chi connectivity index (χ3n) is 8.75. The van der Waals surface area contributed by atoms with Crippen LogP contribution in [0, 0.1) is 0 Å². The van der Waals surface area contributed by atoms with Crippen molar-refractivity contribution in [1.82, 2.24) is 9.96 Å². The van der Waals surface area contributed by atoms with Crippen LogP contribution in [0.15, 0.2) is 0 Å². The zero-order valence-corrected chi connectivity index (χ0v) is 24.4. The zero-order valence-electron chi connectivity index (χ0n) is 24.4. The molecule has 0 radical (unpaired) electrons.